The van der Waals surface area contributed by atoms with Crippen LogP contribution in [-0.4, -0.2) is 66.3 Å². The van der Waals surface area contributed by atoms with E-state index in [0.29, 0.717) is 17.8 Å². The Morgan fingerprint density at radius 1 is 1.14 bits per heavy atom. The molecule has 3 aliphatic rings. The summed E-state index contributed by atoms with van der Waals surface area (Å²) in [5.41, 5.74) is -1.67. The number of piperidine rings is 1. The van der Waals surface area contributed by atoms with Gasteiger partial charge in [0.05, 0.1) is 28.0 Å². The molecule has 2 N–H and O–H groups in total. The number of amides is 3. The zero-order valence-electron chi connectivity index (χ0n) is 21.5. The summed E-state index contributed by atoms with van der Waals surface area (Å²) in [7, 11) is 1.31. The highest BCUT2D eigenvalue weighted by atomic mass is 35.5. The lowest BCUT2D eigenvalue weighted by molar-refractivity contribution is -0.141. The van der Waals surface area contributed by atoms with Crippen molar-refractivity contribution < 1.29 is 36.3 Å². The molecule has 3 aromatic rings. The number of anilines is 1. The number of nitrogens with zero attached hydrogens (tertiary/aromatic N) is 5. The molecule has 1 aliphatic heterocycles. The second-order valence-corrected chi connectivity index (χ2v) is 11.3. The summed E-state index contributed by atoms with van der Waals surface area (Å²) >= 11 is 10.1. The highest BCUT2D eigenvalue weighted by Gasteiger charge is 2.60. The first-order valence-corrected chi connectivity index (χ1v) is 13.4. The van der Waals surface area contributed by atoms with Crippen molar-refractivity contribution in [1.82, 2.24) is 29.5 Å². The number of carbonyl (C=O) groups excluding carboxylic acids is 3. The van der Waals surface area contributed by atoms with Gasteiger partial charge in [-0.2, -0.15) is 18.3 Å². The number of hydrogen-bond acceptors (Lipinski definition) is 5. The molecule has 4 atom stereocenters. The van der Waals surface area contributed by atoms with Crippen molar-refractivity contribution in [3.8, 4) is 11.3 Å². The van der Waals surface area contributed by atoms with Crippen LogP contribution in [0.2, 0.25) is 5.02 Å². The van der Waals surface area contributed by atoms with Crippen molar-refractivity contribution in [2.24, 2.45) is 18.9 Å². The quantitative estimate of drug-likeness (QED) is 0.275. The first-order chi connectivity index (χ1) is 19.7. The van der Waals surface area contributed by atoms with Crippen molar-refractivity contribution in [3.05, 3.63) is 52.7 Å². The first-order valence-electron chi connectivity index (χ1n) is 12.6. The summed E-state index contributed by atoms with van der Waals surface area (Å²) in [6, 6.07) is 2.63. The minimum Gasteiger partial charge on any atom is -0.349 e. The molecule has 222 valence electrons. The average molecular weight is 630 g/mol. The van der Waals surface area contributed by atoms with Crippen LogP contribution >= 0.6 is 24.2 Å². The van der Waals surface area contributed by atoms with Gasteiger partial charge in [-0.25, -0.2) is 13.8 Å². The van der Waals surface area contributed by atoms with Gasteiger partial charge in [0.1, 0.15) is 6.04 Å². The predicted octanol–water partition coefficient (Wildman–Crippen LogP) is 4.50. The third-order valence-corrected chi connectivity index (χ3v) is 8.41. The molecule has 17 heteroatoms. The maximum atomic E-state index is 13.7. The Balaban J connectivity index is 1.15. The molecule has 42 heavy (non-hydrogen) atoms. The van der Waals surface area contributed by atoms with Crippen LogP contribution in [0.15, 0.2) is 30.6 Å². The van der Waals surface area contributed by atoms with E-state index in [1.165, 1.54) is 25.2 Å². The van der Waals surface area contributed by atoms with E-state index in [2.05, 4.69) is 33.3 Å². The molecule has 0 unspecified atom stereocenters. The molecular weight excluding hydrogens is 609 g/mol. The SMILES string of the molecule is Cn1c(-c2cn([C@@H]3CC3(F)F)nc2C(F)(F)F)cnc1C(=O)Nc1ccc(C(=O)N[C@H]2[C@@H]3CN(C(=O)S)C[C@@H]32)c(Cl)c1. The third kappa shape index (κ3) is 4.99. The van der Waals surface area contributed by atoms with Crippen LogP contribution in [0, 0.1) is 11.8 Å². The van der Waals surface area contributed by atoms with Crippen LogP contribution in [0.5, 0.6) is 0 Å². The van der Waals surface area contributed by atoms with Crippen molar-refractivity contribution in [2.45, 2.75) is 30.6 Å². The van der Waals surface area contributed by atoms with Gasteiger partial charge in [0.15, 0.2) is 11.5 Å². The molecule has 1 aromatic carbocycles. The van der Waals surface area contributed by atoms with E-state index in [0.717, 1.165) is 17.0 Å². The Morgan fingerprint density at radius 2 is 1.81 bits per heavy atom. The topological polar surface area (TPSA) is 114 Å². The third-order valence-electron chi connectivity index (χ3n) is 7.81. The number of alkyl halides is 5. The Hall–Kier alpha value is -3.66. The molecule has 0 spiro atoms. The van der Waals surface area contributed by atoms with Crippen LogP contribution in [-0.2, 0) is 13.2 Å². The molecule has 2 aliphatic carbocycles. The Labute approximate surface area is 244 Å². The fraction of sp³-hybridized carbons (Fsp3) is 0.400. The number of imidazole rings is 1. The van der Waals surface area contributed by atoms with E-state index in [-0.39, 0.29) is 50.9 Å². The molecular formula is C25H21ClF5N7O3S. The van der Waals surface area contributed by atoms with Gasteiger partial charge in [0, 0.05) is 56.3 Å². The van der Waals surface area contributed by atoms with Crippen LogP contribution in [0.3, 0.4) is 0 Å². The number of carbonyl (C=O) groups is 3. The lowest BCUT2D eigenvalue weighted by atomic mass is 10.2. The standard InChI is InChI=1S/C25H21ClF5N7O3S/c1-36-16(14-9-38(17-5-24(17,27)28)35-19(14)25(29,30)31)6-32-20(36)22(40)33-10-2-3-11(15(26)4-10)21(39)34-18-12-7-37(23(41)42)8-13(12)18/h2-4,6,9,12-13,17-18H,5,7-8H2,1H3,(H,33,40)(H,34,39)(H,41,42)/t12-,13+,17-,18+/m1/s1. The maximum Gasteiger partial charge on any atom is 0.435 e. The van der Waals surface area contributed by atoms with Gasteiger partial charge in [-0.05, 0) is 18.2 Å². The molecule has 3 heterocycles. The van der Waals surface area contributed by atoms with Crippen LogP contribution < -0.4 is 10.6 Å². The molecule has 2 saturated carbocycles. The van der Waals surface area contributed by atoms with Gasteiger partial charge >= 0.3 is 6.18 Å². The van der Waals surface area contributed by atoms with E-state index in [1.54, 1.807) is 4.90 Å². The van der Waals surface area contributed by atoms with Gasteiger partial charge in [-0.1, -0.05) is 24.2 Å². The average Bonchev–Trinajstić information content (AvgIpc) is 3.42. The molecule has 0 radical (unpaired) electrons. The minimum absolute atomic E-state index is 0.0444. The van der Waals surface area contributed by atoms with E-state index >= 15 is 0 Å². The number of fused-ring (bicyclic) bond motifs is 1. The molecule has 10 nitrogen and oxygen atoms in total. The second kappa shape index (κ2) is 9.69. The van der Waals surface area contributed by atoms with Gasteiger partial charge in [-0.15, -0.1) is 0 Å². The van der Waals surface area contributed by atoms with Gasteiger partial charge in [-0.3, -0.25) is 19.1 Å². The summed E-state index contributed by atoms with van der Waals surface area (Å²) in [6.07, 6.45) is -3.66. The Bertz CT molecular complexity index is 1630. The highest BCUT2D eigenvalue weighted by molar-refractivity contribution is 7.96. The lowest BCUT2D eigenvalue weighted by Crippen LogP contribution is -2.35. The number of nitrogens with one attached hydrogen (secondary N) is 2. The maximum absolute atomic E-state index is 13.7. The summed E-state index contributed by atoms with van der Waals surface area (Å²) in [5, 5.41) is 8.54. The van der Waals surface area contributed by atoms with Gasteiger partial charge in [0.25, 0.3) is 23.0 Å². The molecule has 1 saturated heterocycles. The summed E-state index contributed by atoms with van der Waals surface area (Å²) in [4.78, 5) is 42.6. The molecule has 0 bridgehead atoms. The number of likely N-dealkylation sites (tertiary alicyclic amines) is 1. The number of thiol groups is 1. The van der Waals surface area contributed by atoms with Crippen LogP contribution in [0.4, 0.5) is 32.4 Å². The first kappa shape index (κ1) is 28.5. The molecule has 2 aromatic heterocycles. The Kier molecular flexibility index (Phi) is 6.57. The predicted molar refractivity (Wildman–Crippen MR) is 142 cm³/mol. The minimum atomic E-state index is -4.94. The number of rotatable bonds is 6. The second-order valence-electron chi connectivity index (χ2n) is 10.5. The van der Waals surface area contributed by atoms with E-state index in [1.807, 2.05) is 0 Å². The van der Waals surface area contributed by atoms with Crippen molar-refractivity contribution in [2.75, 3.05) is 18.4 Å². The van der Waals surface area contributed by atoms with Gasteiger partial charge in [0.2, 0.25) is 0 Å². The monoisotopic (exact) mass is 629 g/mol. The Morgan fingerprint density at radius 3 is 2.38 bits per heavy atom. The van der Waals surface area contributed by atoms with Crippen LogP contribution in [0.1, 0.15) is 39.1 Å². The number of aromatic nitrogens is 4. The fourth-order valence-electron chi connectivity index (χ4n) is 5.39. The lowest BCUT2D eigenvalue weighted by Gasteiger charge is -2.17. The number of benzene rings is 1. The van der Waals surface area contributed by atoms with Crippen LogP contribution in [0.25, 0.3) is 11.3 Å². The fourth-order valence-corrected chi connectivity index (χ4v) is 5.82. The van der Waals surface area contributed by atoms with Gasteiger partial charge < -0.3 is 20.1 Å². The van der Waals surface area contributed by atoms with Crippen molar-refractivity contribution in [3.63, 3.8) is 0 Å². The zero-order valence-corrected chi connectivity index (χ0v) is 23.1. The zero-order chi connectivity index (χ0) is 30.3. The van der Waals surface area contributed by atoms with E-state index < -0.39 is 47.6 Å². The summed E-state index contributed by atoms with van der Waals surface area (Å²) < 4.78 is 69.7. The number of hydrogen-bond donors (Lipinski definition) is 3. The molecule has 3 fully saturated rings. The highest BCUT2D eigenvalue weighted by Crippen LogP contribution is 2.53. The van der Waals surface area contributed by atoms with E-state index in [4.69, 9.17) is 11.6 Å². The van der Waals surface area contributed by atoms with Crippen molar-refractivity contribution >= 4 is 47.0 Å². The molecule has 3 amide bonds. The number of halogens is 6. The normalized spacial score (nSPS) is 23.9. The van der Waals surface area contributed by atoms with E-state index in [9.17, 15) is 36.3 Å². The van der Waals surface area contributed by atoms with Crippen molar-refractivity contribution in [1.29, 1.82) is 0 Å². The largest absolute Gasteiger partial charge is 0.435 e. The molecule has 6 rings (SSSR count). The smallest absolute Gasteiger partial charge is 0.349 e. The summed E-state index contributed by atoms with van der Waals surface area (Å²) in [5.74, 6) is -4.31. The summed E-state index contributed by atoms with van der Waals surface area (Å²) in [6.45, 7) is 1.03.